The molecule has 1 aliphatic carbocycles. The lowest BCUT2D eigenvalue weighted by atomic mass is 9.96. The summed E-state index contributed by atoms with van der Waals surface area (Å²) in [6.45, 7) is 10.2. The van der Waals surface area contributed by atoms with E-state index in [-0.39, 0.29) is 18.5 Å². The molecule has 10 heteroatoms. The molecular formula is C24H22ClFN6O2. The number of hydrogen-bond acceptors (Lipinski definition) is 5. The second kappa shape index (κ2) is 8.38. The number of cyclic esters (lactones) is 1. The van der Waals surface area contributed by atoms with Crippen molar-refractivity contribution in [2.24, 2.45) is 11.8 Å². The van der Waals surface area contributed by atoms with Gasteiger partial charge in [0.1, 0.15) is 11.9 Å². The maximum Gasteiger partial charge on any atom is 0.414 e. The molecule has 0 radical (unpaired) electrons. The Morgan fingerprint density at radius 2 is 1.97 bits per heavy atom. The maximum absolute atomic E-state index is 15.1. The zero-order chi connectivity index (χ0) is 22.6. The van der Waals surface area contributed by atoms with Crippen molar-refractivity contribution in [1.82, 2.24) is 20.3 Å². The fourth-order valence-electron chi connectivity index (χ4n) is 5.36. The van der Waals surface area contributed by atoms with Crippen molar-refractivity contribution in [2.45, 2.75) is 18.2 Å². The highest BCUT2D eigenvalue weighted by molar-refractivity contribution is 5.90. The van der Waals surface area contributed by atoms with Crippen LogP contribution in [0, 0.1) is 24.2 Å². The van der Waals surface area contributed by atoms with Crippen LogP contribution in [0.15, 0.2) is 54.9 Å². The maximum atomic E-state index is 15.1. The fourth-order valence-corrected chi connectivity index (χ4v) is 5.36. The molecule has 1 saturated carbocycles. The van der Waals surface area contributed by atoms with Gasteiger partial charge in [-0.25, -0.2) is 20.4 Å². The van der Waals surface area contributed by atoms with Gasteiger partial charge in [0.2, 0.25) is 0 Å². The van der Waals surface area contributed by atoms with Gasteiger partial charge in [0.25, 0.3) is 5.54 Å². The number of fused-ring (bicyclic) bond motifs is 1. The van der Waals surface area contributed by atoms with Crippen molar-refractivity contribution in [3.8, 4) is 11.1 Å². The topological polar surface area (TPSA) is 76.6 Å². The number of rotatable bonds is 5. The number of ether oxygens (including phenoxy) is 1. The van der Waals surface area contributed by atoms with Crippen molar-refractivity contribution in [1.29, 1.82) is 0 Å². The van der Waals surface area contributed by atoms with Crippen LogP contribution in [-0.4, -0.2) is 46.8 Å². The predicted molar refractivity (Wildman–Crippen MR) is 125 cm³/mol. The molecular weight excluding hydrogens is 459 g/mol. The molecule has 0 spiro atoms. The third kappa shape index (κ3) is 3.42. The van der Waals surface area contributed by atoms with E-state index in [0.717, 1.165) is 24.2 Å². The molecule has 0 bridgehead atoms. The summed E-state index contributed by atoms with van der Waals surface area (Å²) < 4.78 is 22.1. The van der Waals surface area contributed by atoms with Gasteiger partial charge in [-0.1, -0.05) is 29.5 Å². The van der Waals surface area contributed by atoms with Crippen LogP contribution in [0.5, 0.6) is 0 Å². The Balaban J connectivity index is 0.00000241. The van der Waals surface area contributed by atoms with Crippen molar-refractivity contribution in [3.63, 3.8) is 0 Å². The molecule has 34 heavy (non-hydrogen) atoms. The molecule has 3 heterocycles. The minimum absolute atomic E-state index is 0. The van der Waals surface area contributed by atoms with E-state index >= 15 is 4.39 Å². The van der Waals surface area contributed by atoms with Crippen LogP contribution in [-0.2, 0) is 16.8 Å². The van der Waals surface area contributed by atoms with Gasteiger partial charge in [0.05, 0.1) is 36.8 Å². The minimum atomic E-state index is -0.509. The third-order valence-electron chi connectivity index (χ3n) is 7.08. The van der Waals surface area contributed by atoms with E-state index in [1.54, 1.807) is 29.2 Å². The van der Waals surface area contributed by atoms with E-state index in [9.17, 15) is 4.79 Å². The molecule has 1 N–H and O–H groups in total. The number of carbonyl (C=O) groups excluding carboxylic acids is 1. The highest BCUT2D eigenvalue weighted by Gasteiger charge is 2.75. The average Bonchev–Trinajstić information content (AvgIpc) is 3.35. The van der Waals surface area contributed by atoms with E-state index in [1.165, 1.54) is 11.0 Å². The lowest BCUT2D eigenvalue weighted by molar-refractivity contribution is 0.129. The van der Waals surface area contributed by atoms with Crippen LogP contribution in [0.4, 0.5) is 14.9 Å². The first kappa shape index (κ1) is 22.3. The minimum Gasteiger partial charge on any atom is -0.442 e. The molecule has 2 saturated heterocycles. The van der Waals surface area contributed by atoms with E-state index in [2.05, 4.69) is 20.5 Å². The number of aromatic nitrogens is 3. The number of anilines is 1. The normalized spacial score (nSPS) is 27.0. The van der Waals surface area contributed by atoms with E-state index < -0.39 is 17.4 Å². The van der Waals surface area contributed by atoms with Crippen LogP contribution in [0.25, 0.3) is 16.0 Å². The summed E-state index contributed by atoms with van der Waals surface area (Å²) in [6, 6.07) is 12.4. The Morgan fingerprint density at radius 3 is 2.62 bits per heavy atom. The summed E-state index contributed by atoms with van der Waals surface area (Å²) in [6.07, 6.45) is 2.36. The zero-order valence-electron chi connectivity index (χ0n) is 18.1. The largest absolute Gasteiger partial charge is 0.442 e. The molecule has 1 unspecified atom stereocenters. The highest BCUT2D eigenvalue weighted by atomic mass is 35.5. The van der Waals surface area contributed by atoms with Crippen molar-refractivity contribution >= 4 is 24.2 Å². The van der Waals surface area contributed by atoms with Gasteiger partial charge < -0.3 is 14.9 Å². The lowest BCUT2D eigenvalue weighted by Crippen LogP contribution is -2.26. The molecule has 1 amide bonds. The number of nitrogens with zero attached hydrogens (tertiary/aromatic N) is 5. The Kier molecular flexibility index (Phi) is 5.50. The van der Waals surface area contributed by atoms with Crippen LogP contribution in [0.1, 0.15) is 5.56 Å². The molecule has 2 aromatic carbocycles. The molecule has 174 valence electrons. The first-order valence-corrected chi connectivity index (χ1v) is 10.9. The number of amides is 1. The fraction of sp³-hybridized carbons (Fsp3) is 0.333. The molecule has 8 nitrogen and oxygen atoms in total. The van der Waals surface area contributed by atoms with Gasteiger partial charge >= 0.3 is 6.09 Å². The number of carbonyl (C=O) groups is 1. The summed E-state index contributed by atoms with van der Waals surface area (Å²) in [5.74, 6) is 0.316. The SMILES string of the molecule is Cl.[C-]#[N+]C1(c2ccc(-c3ccc(N4C[C@H](Cn5ccnn5)OC4=O)cc3F)cc2)[C@@H]2CNC[C@@H]21. The third-order valence-corrected chi connectivity index (χ3v) is 7.08. The second-order valence-electron chi connectivity index (χ2n) is 8.79. The lowest BCUT2D eigenvalue weighted by Gasteiger charge is -2.15. The number of piperidine rings is 1. The molecule has 3 aromatic rings. The van der Waals surface area contributed by atoms with Crippen molar-refractivity contribution < 1.29 is 13.9 Å². The Labute approximate surface area is 201 Å². The molecule has 6 rings (SSSR count). The van der Waals surface area contributed by atoms with Crippen LogP contribution in [0.2, 0.25) is 0 Å². The van der Waals surface area contributed by atoms with Crippen LogP contribution in [0.3, 0.4) is 0 Å². The Bertz CT molecular complexity index is 1250. The van der Waals surface area contributed by atoms with Gasteiger partial charge in [-0.15, -0.1) is 17.5 Å². The summed E-state index contributed by atoms with van der Waals surface area (Å²) in [4.78, 5) is 17.7. The molecule has 2 aliphatic heterocycles. The number of halogens is 2. The summed E-state index contributed by atoms with van der Waals surface area (Å²) in [5, 5.41) is 11.0. The number of benzene rings is 2. The van der Waals surface area contributed by atoms with E-state index in [1.807, 2.05) is 24.3 Å². The number of hydrogen-bond donors (Lipinski definition) is 1. The highest BCUT2D eigenvalue weighted by Crippen LogP contribution is 2.62. The summed E-state index contributed by atoms with van der Waals surface area (Å²) >= 11 is 0. The standard InChI is InChI=1S/C24H21FN6O2.ClH/c1-26-24(20-11-27-12-21(20)24)16-4-2-15(3-5-16)19-7-6-17(10-22(19)25)31-14-18(33-23(31)32)13-30-9-8-28-29-30;/h2-10,18,20-21,27H,11-14H2;1H/t18-,20-,21+,24?;/m0./s1. The van der Waals surface area contributed by atoms with E-state index in [4.69, 9.17) is 11.3 Å². The summed E-state index contributed by atoms with van der Waals surface area (Å²) in [7, 11) is 0. The van der Waals surface area contributed by atoms with Gasteiger partial charge in [-0.3, -0.25) is 4.90 Å². The first-order chi connectivity index (χ1) is 16.1. The van der Waals surface area contributed by atoms with Gasteiger partial charge in [-0.05, 0) is 23.8 Å². The van der Waals surface area contributed by atoms with Gasteiger partial charge in [0, 0.05) is 30.4 Å². The quantitative estimate of drug-likeness (QED) is 0.566. The second-order valence-corrected chi connectivity index (χ2v) is 8.79. The van der Waals surface area contributed by atoms with Gasteiger partial charge in [0.15, 0.2) is 0 Å². The molecule has 4 atom stereocenters. The van der Waals surface area contributed by atoms with Crippen LogP contribution >= 0.6 is 12.4 Å². The van der Waals surface area contributed by atoms with Crippen molar-refractivity contribution in [2.75, 3.05) is 24.5 Å². The Morgan fingerprint density at radius 1 is 1.21 bits per heavy atom. The zero-order valence-corrected chi connectivity index (χ0v) is 18.9. The average molecular weight is 481 g/mol. The summed E-state index contributed by atoms with van der Waals surface area (Å²) in [5.41, 5.74) is 2.22. The van der Waals surface area contributed by atoms with Gasteiger partial charge in [-0.2, -0.15) is 0 Å². The van der Waals surface area contributed by atoms with E-state index in [0.29, 0.717) is 36.2 Å². The van der Waals surface area contributed by atoms with Crippen molar-refractivity contribution in [3.05, 3.63) is 77.7 Å². The van der Waals surface area contributed by atoms with Crippen LogP contribution < -0.4 is 10.2 Å². The molecule has 3 aliphatic rings. The molecule has 3 fully saturated rings. The monoisotopic (exact) mass is 480 g/mol. The smallest absolute Gasteiger partial charge is 0.414 e. The molecule has 1 aromatic heterocycles. The Hall–Kier alpha value is -3.48. The number of nitrogens with one attached hydrogen (secondary N) is 1. The predicted octanol–water partition coefficient (Wildman–Crippen LogP) is 3.50. The first-order valence-electron chi connectivity index (χ1n) is 10.9.